The first-order valence-corrected chi connectivity index (χ1v) is 6.83. The molecule has 0 aliphatic rings. The SMILES string of the molecule is CCCC(NCC(=O)Nc1ccc(OC(F)(F)F)cc1)C(=O)O.Cl. The van der Waals surface area contributed by atoms with Crippen molar-refractivity contribution in [3.63, 3.8) is 0 Å². The summed E-state index contributed by atoms with van der Waals surface area (Å²) in [4.78, 5) is 22.6. The predicted octanol–water partition coefficient (Wildman–Crippen LogP) is 2.79. The number of amides is 1. The normalized spacial score (nSPS) is 12.0. The Balaban J connectivity index is 0.00000529. The number of benzene rings is 1. The molecule has 0 aliphatic heterocycles. The first-order chi connectivity index (χ1) is 10.7. The molecule has 0 aliphatic carbocycles. The van der Waals surface area contributed by atoms with Gasteiger partial charge in [0.1, 0.15) is 11.8 Å². The molecule has 0 saturated carbocycles. The van der Waals surface area contributed by atoms with Crippen molar-refractivity contribution < 1.29 is 32.6 Å². The first-order valence-electron chi connectivity index (χ1n) is 6.83. The molecule has 24 heavy (non-hydrogen) atoms. The summed E-state index contributed by atoms with van der Waals surface area (Å²) < 4.78 is 39.7. The number of carbonyl (C=O) groups is 2. The van der Waals surface area contributed by atoms with Crippen LogP contribution in [0.15, 0.2) is 24.3 Å². The smallest absolute Gasteiger partial charge is 0.480 e. The van der Waals surface area contributed by atoms with Crippen LogP contribution in [-0.4, -0.2) is 35.9 Å². The van der Waals surface area contributed by atoms with E-state index < -0.39 is 30.0 Å². The predicted molar refractivity (Wildman–Crippen MR) is 83.3 cm³/mol. The number of carboxylic acids is 1. The Kier molecular flexibility index (Phi) is 9.16. The van der Waals surface area contributed by atoms with Crippen molar-refractivity contribution >= 4 is 30.0 Å². The van der Waals surface area contributed by atoms with Crippen LogP contribution in [-0.2, 0) is 9.59 Å². The molecule has 0 aromatic heterocycles. The van der Waals surface area contributed by atoms with Crippen LogP contribution in [0.3, 0.4) is 0 Å². The Labute approximate surface area is 142 Å². The molecule has 1 atom stereocenters. The van der Waals surface area contributed by atoms with Crippen molar-refractivity contribution in [3.05, 3.63) is 24.3 Å². The second-order valence-electron chi connectivity index (χ2n) is 4.68. The molecule has 0 bridgehead atoms. The van der Waals surface area contributed by atoms with Crippen molar-refractivity contribution in [2.75, 3.05) is 11.9 Å². The summed E-state index contributed by atoms with van der Waals surface area (Å²) in [7, 11) is 0. The number of alkyl halides is 3. The minimum Gasteiger partial charge on any atom is -0.480 e. The molecule has 1 amide bonds. The summed E-state index contributed by atoms with van der Waals surface area (Å²) in [5.74, 6) is -1.95. The molecule has 1 aromatic rings. The van der Waals surface area contributed by atoms with Gasteiger partial charge in [0.15, 0.2) is 0 Å². The van der Waals surface area contributed by atoms with Crippen LogP contribution in [0.25, 0.3) is 0 Å². The monoisotopic (exact) mass is 370 g/mol. The van der Waals surface area contributed by atoms with Gasteiger partial charge in [-0.15, -0.1) is 25.6 Å². The third-order valence-corrected chi connectivity index (χ3v) is 2.76. The molecule has 136 valence electrons. The molecule has 6 nitrogen and oxygen atoms in total. The number of hydrogen-bond donors (Lipinski definition) is 3. The molecule has 0 spiro atoms. The zero-order chi connectivity index (χ0) is 17.5. The average molecular weight is 371 g/mol. The lowest BCUT2D eigenvalue weighted by Gasteiger charge is -2.13. The summed E-state index contributed by atoms with van der Waals surface area (Å²) in [6.07, 6.45) is -3.75. The van der Waals surface area contributed by atoms with E-state index in [9.17, 15) is 22.8 Å². The Bertz CT molecular complexity index is 538. The van der Waals surface area contributed by atoms with Crippen LogP contribution in [0.1, 0.15) is 19.8 Å². The lowest BCUT2D eigenvalue weighted by Crippen LogP contribution is -2.41. The van der Waals surface area contributed by atoms with Crippen LogP contribution in [0.2, 0.25) is 0 Å². The Hall–Kier alpha value is -2.00. The van der Waals surface area contributed by atoms with Crippen LogP contribution in [0, 0.1) is 0 Å². The van der Waals surface area contributed by atoms with Gasteiger partial charge in [0.2, 0.25) is 5.91 Å². The van der Waals surface area contributed by atoms with Gasteiger partial charge in [-0.1, -0.05) is 13.3 Å². The number of nitrogens with one attached hydrogen (secondary N) is 2. The average Bonchev–Trinajstić information content (AvgIpc) is 2.43. The van der Waals surface area contributed by atoms with Crippen LogP contribution in [0.4, 0.5) is 18.9 Å². The van der Waals surface area contributed by atoms with Gasteiger partial charge in [-0.3, -0.25) is 14.9 Å². The Morgan fingerprint density at radius 1 is 1.25 bits per heavy atom. The molecule has 0 heterocycles. The summed E-state index contributed by atoms with van der Waals surface area (Å²) in [5.41, 5.74) is 0.272. The fourth-order valence-corrected chi connectivity index (χ4v) is 1.76. The number of rotatable bonds is 8. The maximum Gasteiger partial charge on any atom is 0.573 e. The maximum absolute atomic E-state index is 12.0. The van der Waals surface area contributed by atoms with Gasteiger partial charge < -0.3 is 15.2 Å². The number of hydrogen-bond acceptors (Lipinski definition) is 4. The zero-order valence-electron chi connectivity index (χ0n) is 12.7. The topological polar surface area (TPSA) is 87.7 Å². The largest absolute Gasteiger partial charge is 0.573 e. The van der Waals surface area contributed by atoms with Gasteiger partial charge in [-0.2, -0.15) is 0 Å². The van der Waals surface area contributed by atoms with Gasteiger partial charge in [0, 0.05) is 5.69 Å². The molecule has 3 N–H and O–H groups in total. The molecule has 1 unspecified atom stereocenters. The first kappa shape index (κ1) is 22.0. The number of anilines is 1. The van der Waals surface area contributed by atoms with E-state index in [1.54, 1.807) is 0 Å². The van der Waals surface area contributed by atoms with Gasteiger partial charge >= 0.3 is 12.3 Å². The highest BCUT2D eigenvalue weighted by Crippen LogP contribution is 2.23. The molecule has 1 aromatic carbocycles. The van der Waals surface area contributed by atoms with E-state index in [4.69, 9.17) is 5.11 Å². The van der Waals surface area contributed by atoms with Gasteiger partial charge in [-0.25, -0.2) is 0 Å². The maximum atomic E-state index is 12.0. The van der Waals surface area contributed by atoms with Crippen molar-refractivity contribution in [3.8, 4) is 5.75 Å². The molecule has 1 rings (SSSR count). The van der Waals surface area contributed by atoms with E-state index >= 15 is 0 Å². The van der Waals surface area contributed by atoms with Crippen molar-refractivity contribution in [1.29, 1.82) is 0 Å². The van der Waals surface area contributed by atoms with Gasteiger partial charge in [0.25, 0.3) is 0 Å². The lowest BCUT2D eigenvalue weighted by atomic mass is 10.2. The molecule has 0 saturated heterocycles. The summed E-state index contributed by atoms with van der Waals surface area (Å²) in [6.45, 7) is 1.60. The number of carbonyl (C=O) groups excluding carboxylic acids is 1. The standard InChI is InChI=1S/C14H17F3N2O4.ClH/c1-2-3-11(13(21)22)18-8-12(20)19-9-4-6-10(7-5-9)23-14(15,16)17;/h4-7,11,18H,2-3,8H2,1H3,(H,19,20)(H,21,22);1H. The summed E-state index contributed by atoms with van der Waals surface area (Å²) in [5, 5.41) is 14.0. The van der Waals surface area contributed by atoms with Crippen LogP contribution in [0.5, 0.6) is 5.75 Å². The third kappa shape index (κ3) is 8.59. The van der Waals surface area contributed by atoms with Crippen molar-refractivity contribution in [2.24, 2.45) is 0 Å². The van der Waals surface area contributed by atoms with E-state index in [1.165, 1.54) is 12.1 Å². The van der Waals surface area contributed by atoms with Crippen LogP contribution < -0.4 is 15.4 Å². The highest BCUT2D eigenvalue weighted by Gasteiger charge is 2.30. The van der Waals surface area contributed by atoms with E-state index in [0.717, 1.165) is 12.1 Å². The third-order valence-electron chi connectivity index (χ3n) is 2.76. The van der Waals surface area contributed by atoms with Gasteiger partial charge in [-0.05, 0) is 30.7 Å². The summed E-state index contributed by atoms with van der Waals surface area (Å²) >= 11 is 0. The number of aliphatic carboxylic acids is 1. The van der Waals surface area contributed by atoms with E-state index in [0.29, 0.717) is 12.8 Å². The van der Waals surface area contributed by atoms with E-state index in [-0.39, 0.29) is 24.6 Å². The summed E-state index contributed by atoms with van der Waals surface area (Å²) in [6, 6.07) is 3.80. The minimum absolute atomic E-state index is 0. The Morgan fingerprint density at radius 2 is 1.83 bits per heavy atom. The molecule has 10 heteroatoms. The highest BCUT2D eigenvalue weighted by atomic mass is 35.5. The Morgan fingerprint density at radius 3 is 2.29 bits per heavy atom. The van der Waals surface area contributed by atoms with Crippen LogP contribution >= 0.6 is 12.4 Å². The fraction of sp³-hybridized carbons (Fsp3) is 0.429. The second-order valence-corrected chi connectivity index (χ2v) is 4.68. The van der Waals surface area contributed by atoms with Crippen molar-refractivity contribution in [1.82, 2.24) is 5.32 Å². The number of carboxylic acid groups (broad SMARTS) is 1. The minimum atomic E-state index is -4.78. The van der Waals surface area contributed by atoms with Crippen molar-refractivity contribution in [2.45, 2.75) is 32.2 Å². The van der Waals surface area contributed by atoms with Gasteiger partial charge in [0.05, 0.1) is 6.54 Å². The quantitative estimate of drug-likeness (QED) is 0.655. The number of ether oxygens (including phenoxy) is 1. The second kappa shape index (κ2) is 9.99. The highest BCUT2D eigenvalue weighted by molar-refractivity contribution is 5.92. The zero-order valence-corrected chi connectivity index (χ0v) is 13.5. The molecular formula is C14H18ClF3N2O4. The molecular weight excluding hydrogens is 353 g/mol. The molecule has 0 radical (unpaired) electrons. The lowest BCUT2D eigenvalue weighted by molar-refractivity contribution is -0.274. The van der Waals surface area contributed by atoms with E-state index in [2.05, 4.69) is 15.4 Å². The fourth-order valence-electron chi connectivity index (χ4n) is 1.76. The van der Waals surface area contributed by atoms with E-state index in [1.807, 2.05) is 6.92 Å². The molecule has 0 fully saturated rings. The number of halogens is 4.